The molecule has 1 aromatic heterocycles. The average Bonchev–Trinajstić information content (AvgIpc) is 3.70. The zero-order valence-electron chi connectivity index (χ0n) is 21.8. The summed E-state index contributed by atoms with van der Waals surface area (Å²) in [6.07, 6.45) is -8.16. The molecule has 6 atom stereocenters. The topological polar surface area (TPSA) is 96.8 Å². The summed E-state index contributed by atoms with van der Waals surface area (Å²) in [6.45, 7) is -0.331. The molecule has 3 aromatic carbocycles. The summed E-state index contributed by atoms with van der Waals surface area (Å²) in [5.41, 5.74) is 0.668. The molecule has 2 aliphatic rings. The van der Waals surface area contributed by atoms with Crippen LogP contribution in [0, 0.1) is 5.92 Å². The maximum Gasteiger partial charge on any atom is 0.451 e. The number of para-hydroxylation sites is 1. The lowest BCUT2D eigenvalue weighted by molar-refractivity contribution is -0.161. The summed E-state index contributed by atoms with van der Waals surface area (Å²) >= 11 is 0. The molecule has 0 amide bonds. The molecule has 1 aliphatic carbocycles. The summed E-state index contributed by atoms with van der Waals surface area (Å²) in [5.74, 6) is -2.29. The SMILES string of the molecule is O=c1c2ccccc2nc(C(F)(F)F)n1N1[C@@H]2[C@H](CO)[C@H](O)[C@H](OCc3ccccc3)[C@@H](OCc3ccccc3)[C@@H]21. The lowest BCUT2D eigenvalue weighted by atomic mass is 9.83. The molecule has 2 fully saturated rings. The van der Waals surface area contributed by atoms with E-state index in [0.29, 0.717) is 4.68 Å². The van der Waals surface area contributed by atoms with Gasteiger partial charge in [0.1, 0.15) is 12.2 Å². The van der Waals surface area contributed by atoms with Crippen LogP contribution in [0.2, 0.25) is 0 Å². The Hall–Kier alpha value is -3.77. The molecule has 8 nitrogen and oxygen atoms in total. The second-order valence-electron chi connectivity index (χ2n) is 10.3. The van der Waals surface area contributed by atoms with E-state index in [1.807, 2.05) is 60.7 Å². The fourth-order valence-electron chi connectivity index (χ4n) is 5.81. The molecule has 0 spiro atoms. The number of halogens is 3. The van der Waals surface area contributed by atoms with Gasteiger partial charge in [-0.1, -0.05) is 72.8 Å². The zero-order valence-corrected chi connectivity index (χ0v) is 21.8. The van der Waals surface area contributed by atoms with Crippen LogP contribution in [0.1, 0.15) is 17.0 Å². The summed E-state index contributed by atoms with van der Waals surface area (Å²) in [5, 5.41) is 22.9. The first-order valence-electron chi connectivity index (χ1n) is 13.3. The smallest absolute Gasteiger partial charge is 0.396 e. The van der Waals surface area contributed by atoms with E-state index in [4.69, 9.17) is 9.47 Å². The number of benzene rings is 3. The van der Waals surface area contributed by atoms with Gasteiger partial charge in [-0.05, 0) is 23.3 Å². The third kappa shape index (κ3) is 5.10. The Kier molecular flexibility index (Phi) is 7.28. The van der Waals surface area contributed by atoms with E-state index in [0.717, 1.165) is 11.1 Å². The van der Waals surface area contributed by atoms with Gasteiger partial charge in [0.05, 0.1) is 48.9 Å². The van der Waals surface area contributed by atoms with Crippen LogP contribution in [0.3, 0.4) is 0 Å². The van der Waals surface area contributed by atoms with Gasteiger partial charge in [-0.25, -0.2) is 4.98 Å². The van der Waals surface area contributed by atoms with Gasteiger partial charge >= 0.3 is 6.18 Å². The van der Waals surface area contributed by atoms with Crippen molar-refractivity contribution in [3.8, 4) is 0 Å². The van der Waals surface area contributed by atoms with Gasteiger partial charge in [-0.3, -0.25) is 9.80 Å². The minimum atomic E-state index is -4.95. The first-order chi connectivity index (χ1) is 19.8. The predicted molar refractivity (Wildman–Crippen MR) is 143 cm³/mol. The van der Waals surface area contributed by atoms with Crippen molar-refractivity contribution in [2.24, 2.45) is 5.92 Å². The maximum atomic E-state index is 14.3. The van der Waals surface area contributed by atoms with Crippen LogP contribution >= 0.6 is 0 Å². The summed E-state index contributed by atoms with van der Waals surface area (Å²) in [4.78, 5) is 17.4. The lowest BCUT2D eigenvalue weighted by Gasteiger charge is -2.37. The molecular weight excluding hydrogens is 539 g/mol. The summed E-state index contributed by atoms with van der Waals surface area (Å²) in [6, 6.07) is 22.6. The number of nitrogens with zero attached hydrogens (tertiary/aromatic N) is 3. The first-order valence-corrected chi connectivity index (χ1v) is 13.3. The highest BCUT2D eigenvalue weighted by molar-refractivity contribution is 5.77. The van der Waals surface area contributed by atoms with Gasteiger partial charge in [0, 0.05) is 5.92 Å². The van der Waals surface area contributed by atoms with Crippen LogP contribution in [-0.2, 0) is 28.9 Å². The van der Waals surface area contributed by atoms with Gasteiger partial charge in [0.2, 0.25) is 5.82 Å². The van der Waals surface area contributed by atoms with Crippen molar-refractivity contribution >= 4 is 10.9 Å². The Labute approximate surface area is 233 Å². The number of alkyl halides is 3. The van der Waals surface area contributed by atoms with Gasteiger partial charge in [-0.2, -0.15) is 17.8 Å². The number of aromatic nitrogens is 2. The quantitative estimate of drug-likeness (QED) is 0.316. The average molecular weight is 568 g/mol. The summed E-state index contributed by atoms with van der Waals surface area (Å²) in [7, 11) is 0. The molecule has 2 heterocycles. The van der Waals surface area contributed by atoms with Gasteiger partial charge in [0.25, 0.3) is 5.56 Å². The molecule has 1 saturated carbocycles. The Balaban J connectivity index is 1.42. The third-order valence-corrected chi connectivity index (χ3v) is 7.77. The van der Waals surface area contributed by atoms with Crippen LogP contribution in [0.4, 0.5) is 13.2 Å². The summed E-state index contributed by atoms with van der Waals surface area (Å²) < 4.78 is 55.9. The number of ether oxygens (including phenoxy) is 2. The van der Waals surface area contributed by atoms with E-state index in [-0.39, 0.29) is 24.1 Å². The molecule has 4 aromatic rings. The fourth-order valence-corrected chi connectivity index (χ4v) is 5.81. The first kappa shape index (κ1) is 27.4. The Morgan fingerprint density at radius 1 is 0.805 bits per heavy atom. The minimum absolute atomic E-state index is 0.0175. The highest BCUT2D eigenvalue weighted by Crippen LogP contribution is 2.46. The molecule has 2 N–H and O–H groups in total. The molecule has 6 rings (SSSR count). The van der Waals surface area contributed by atoms with Crippen LogP contribution < -0.4 is 10.6 Å². The number of aliphatic hydroxyl groups is 2. The van der Waals surface area contributed by atoms with Crippen LogP contribution in [0.5, 0.6) is 0 Å². The van der Waals surface area contributed by atoms with E-state index in [2.05, 4.69) is 4.98 Å². The van der Waals surface area contributed by atoms with E-state index < -0.39 is 60.5 Å². The van der Waals surface area contributed by atoms with Crippen LogP contribution in [-0.4, -0.2) is 56.9 Å². The molecule has 41 heavy (non-hydrogen) atoms. The Bertz CT molecular complexity index is 1570. The molecule has 214 valence electrons. The largest absolute Gasteiger partial charge is 0.451 e. The highest BCUT2D eigenvalue weighted by atomic mass is 19.4. The van der Waals surface area contributed by atoms with Crippen LogP contribution in [0.15, 0.2) is 89.7 Å². The van der Waals surface area contributed by atoms with Crippen molar-refractivity contribution in [3.05, 3.63) is 112 Å². The molecular formula is C30H28F3N3O5. The van der Waals surface area contributed by atoms with Crippen molar-refractivity contribution in [1.82, 2.24) is 9.66 Å². The van der Waals surface area contributed by atoms with E-state index in [9.17, 15) is 28.2 Å². The number of rotatable bonds is 8. The monoisotopic (exact) mass is 567 g/mol. The third-order valence-electron chi connectivity index (χ3n) is 7.77. The molecule has 0 bridgehead atoms. The zero-order chi connectivity index (χ0) is 28.7. The molecule has 0 radical (unpaired) electrons. The van der Waals surface area contributed by atoms with Crippen molar-refractivity contribution in [3.63, 3.8) is 0 Å². The number of hydrogen-bond acceptors (Lipinski definition) is 7. The molecule has 1 aliphatic heterocycles. The van der Waals surface area contributed by atoms with Crippen molar-refractivity contribution in [2.45, 2.75) is 49.8 Å². The second kappa shape index (κ2) is 10.9. The standard InChI is InChI=1S/C30H28F3N3O5/c31-30(32,33)29-34-22-14-8-7-13-20(22)28(39)36(29)35-23-21(15-37)25(38)27(41-17-19-11-5-2-6-12-19)26(24(23)35)40-16-18-9-3-1-4-10-18/h1-14,21,23-27,37-38H,15-17H2/t21-,23+,24+,25-,26-,27-,35?/m0/s1. The lowest BCUT2D eigenvalue weighted by Crippen LogP contribution is -2.54. The number of hydrogen-bond donors (Lipinski definition) is 2. The van der Waals surface area contributed by atoms with Gasteiger partial charge in [-0.15, -0.1) is 0 Å². The number of aliphatic hydroxyl groups excluding tert-OH is 2. The van der Waals surface area contributed by atoms with E-state index in [1.165, 1.54) is 23.2 Å². The van der Waals surface area contributed by atoms with Crippen molar-refractivity contribution < 1.29 is 32.9 Å². The van der Waals surface area contributed by atoms with Crippen LogP contribution in [0.25, 0.3) is 10.9 Å². The molecule has 1 saturated heterocycles. The second-order valence-corrected chi connectivity index (χ2v) is 10.3. The van der Waals surface area contributed by atoms with E-state index in [1.54, 1.807) is 6.07 Å². The van der Waals surface area contributed by atoms with Gasteiger partial charge < -0.3 is 19.7 Å². The molecule has 11 heteroatoms. The normalized spacial score (nSPS) is 25.7. The predicted octanol–water partition coefficient (Wildman–Crippen LogP) is 3.26. The minimum Gasteiger partial charge on any atom is -0.396 e. The maximum absolute atomic E-state index is 14.3. The highest BCUT2D eigenvalue weighted by Gasteiger charge is 2.67. The van der Waals surface area contributed by atoms with Crippen molar-refractivity contribution in [2.75, 3.05) is 11.6 Å². The number of fused-ring (bicyclic) bond motifs is 2. The van der Waals surface area contributed by atoms with E-state index >= 15 is 0 Å². The van der Waals surface area contributed by atoms with Gasteiger partial charge in [0.15, 0.2) is 0 Å². The molecule has 0 unspecified atom stereocenters. The fraction of sp³-hybridized carbons (Fsp3) is 0.333. The Morgan fingerprint density at radius 2 is 1.37 bits per heavy atom. The van der Waals surface area contributed by atoms with Crippen molar-refractivity contribution in [1.29, 1.82) is 0 Å². The Morgan fingerprint density at radius 3 is 1.95 bits per heavy atom.